The number of hydrogen-bond donors (Lipinski definition) is 1. The predicted octanol–water partition coefficient (Wildman–Crippen LogP) is 2.16. The number of benzene rings is 1. The largest absolute Gasteiger partial charge is 0.369 e. The van der Waals surface area contributed by atoms with Crippen LogP contribution >= 0.6 is 0 Å². The molecule has 1 aromatic rings. The first-order chi connectivity index (χ1) is 8.43. The fourth-order valence-electron chi connectivity index (χ4n) is 2.27. The molecule has 2 unspecified atom stereocenters. The first-order valence-corrected chi connectivity index (χ1v) is 6.07. The lowest BCUT2D eigenvalue weighted by Gasteiger charge is -2.14. The lowest BCUT2D eigenvalue weighted by atomic mass is 10.1. The third-order valence-electron chi connectivity index (χ3n) is 3.17. The van der Waals surface area contributed by atoms with Crippen LogP contribution in [0.25, 0.3) is 6.08 Å². The highest BCUT2D eigenvalue weighted by molar-refractivity contribution is 5.62. The Morgan fingerprint density at radius 3 is 3.18 bits per heavy atom. The molecule has 0 fully saturated rings. The van der Waals surface area contributed by atoms with Crippen molar-refractivity contribution in [2.75, 3.05) is 13.2 Å². The number of fused-ring (bicyclic) bond motifs is 1. The maximum Gasteiger partial charge on any atom is 0.102 e. The zero-order valence-electron chi connectivity index (χ0n) is 9.67. The molecule has 0 amide bonds. The number of nitrogens with zero attached hydrogens (tertiary/aromatic N) is 1. The standard InChI is InChI=1S/C14H16N2O/c1-2-4-12-11(3-1)5-6-13(12)17-10-7-14-15-8-9-16-14/h1-6,8,13-14,16H,7,9-10H2. The predicted molar refractivity (Wildman–Crippen MR) is 69.1 cm³/mol. The third kappa shape index (κ3) is 2.30. The van der Waals surface area contributed by atoms with E-state index in [2.05, 4.69) is 46.7 Å². The summed E-state index contributed by atoms with van der Waals surface area (Å²) in [4.78, 5) is 4.31. The molecule has 3 nitrogen and oxygen atoms in total. The van der Waals surface area contributed by atoms with Gasteiger partial charge in [0.25, 0.3) is 0 Å². The number of nitrogens with one attached hydrogen (secondary N) is 1. The van der Waals surface area contributed by atoms with E-state index in [1.54, 1.807) is 0 Å². The SMILES string of the molecule is C1=CC(OCCC2N=CCN2)c2ccccc21. The van der Waals surface area contributed by atoms with Crippen molar-refractivity contribution in [1.82, 2.24) is 5.32 Å². The second-order valence-corrected chi connectivity index (χ2v) is 4.32. The summed E-state index contributed by atoms with van der Waals surface area (Å²) in [5.41, 5.74) is 2.55. The minimum Gasteiger partial charge on any atom is -0.369 e. The average molecular weight is 228 g/mol. The maximum absolute atomic E-state index is 5.89. The molecule has 3 rings (SSSR count). The minimum atomic E-state index is 0.122. The zero-order valence-corrected chi connectivity index (χ0v) is 9.67. The molecule has 88 valence electrons. The summed E-state index contributed by atoms with van der Waals surface area (Å²) in [6.45, 7) is 1.62. The van der Waals surface area contributed by atoms with Crippen molar-refractivity contribution < 1.29 is 4.74 Å². The van der Waals surface area contributed by atoms with Crippen molar-refractivity contribution in [2.45, 2.75) is 18.7 Å². The van der Waals surface area contributed by atoms with Gasteiger partial charge >= 0.3 is 0 Å². The Hall–Kier alpha value is -1.45. The highest BCUT2D eigenvalue weighted by atomic mass is 16.5. The van der Waals surface area contributed by atoms with Crippen LogP contribution in [0.1, 0.15) is 23.7 Å². The van der Waals surface area contributed by atoms with Gasteiger partial charge in [0, 0.05) is 19.2 Å². The highest BCUT2D eigenvalue weighted by Gasteiger charge is 2.17. The molecule has 1 heterocycles. The van der Waals surface area contributed by atoms with Gasteiger partial charge in [-0.2, -0.15) is 0 Å². The molecule has 0 saturated carbocycles. The van der Waals surface area contributed by atoms with Gasteiger partial charge in [-0.15, -0.1) is 0 Å². The molecular weight excluding hydrogens is 212 g/mol. The van der Waals surface area contributed by atoms with Crippen molar-refractivity contribution in [3.05, 3.63) is 41.5 Å². The van der Waals surface area contributed by atoms with Gasteiger partial charge in [-0.3, -0.25) is 10.3 Å². The molecular formula is C14H16N2O. The molecule has 2 atom stereocenters. The number of rotatable bonds is 4. The van der Waals surface area contributed by atoms with Gasteiger partial charge in [0.05, 0.1) is 6.61 Å². The summed E-state index contributed by atoms with van der Waals surface area (Å²) in [6.07, 6.45) is 7.48. The van der Waals surface area contributed by atoms with Gasteiger partial charge in [0.1, 0.15) is 12.3 Å². The summed E-state index contributed by atoms with van der Waals surface area (Å²) in [5, 5.41) is 3.28. The van der Waals surface area contributed by atoms with E-state index in [-0.39, 0.29) is 12.3 Å². The Labute approximate surface area is 101 Å². The van der Waals surface area contributed by atoms with Crippen LogP contribution in [-0.2, 0) is 4.74 Å². The maximum atomic E-state index is 5.89. The van der Waals surface area contributed by atoms with Crippen LogP contribution in [0.4, 0.5) is 0 Å². The third-order valence-corrected chi connectivity index (χ3v) is 3.17. The minimum absolute atomic E-state index is 0.122. The molecule has 0 radical (unpaired) electrons. The molecule has 3 heteroatoms. The fourth-order valence-corrected chi connectivity index (χ4v) is 2.27. The Balaban J connectivity index is 1.53. The van der Waals surface area contributed by atoms with Crippen molar-refractivity contribution >= 4 is 12.3 Å². The summed E-state index contributed by atoms with van der Waals surface area (Å²) >= 11 is 0. The molecule has 2 aliphatic rings. The van der Waals surface area contributed by atoms with E-state index in [1.165, 1.54) is 11.1 Å². The van der Waals surface area contributed by atoms with E-state index in [4.69, 9.17) is 4.74 Å². The van der Waals surface area contributed by atoms with Crippen LogP contribution in [0.15, 0.2) is 35.3 Å². The molecule has 1 N–H and O–H groups in total. The zero-order chi connectivity index (χ0) is 11.5. The number of hydrogen-bond acceptors (Lipinski definition) is 3. The van der Waals surface area contributed by atoms with Gasteiger partial charge in [-0.05, 0) is 11.1 Å². The van der Waals surface area contributed by atoms with Crippen molar-refractivity contribution in [3.8, 4) is 0 Å². The van der Waals surface area contributed by atoms with Crippen LogP contribution in [0.2, 0.25) is 0 Å². The summed E-state index contributed by atoms with van der Waals surface area (Å²) < 4.78 is 5.89. The van der Waals surface area contributed by atoms with Gasteiger partial charge in [-0.1, -0.05) is 36.4 Å². The average Bonchev–Trinajstić information content (AvgIpc) is 2.99. The van der Waals surface area contributed by atoms with E-state index in [1.807, 2.05) is 6.21 Å². The van der Waals surface area contributed by atoms with E-state index >= 15 is 0 Å². The Kier molecular flexibility index (Phi) is 3.03. The lowest BCUT2D eigenvalue weighted by molar-refractivity contribution is 0.0808. The molecule has 1 aliphatic heterocycles. The highest BCUT2D eigenvalue weighted by Crippen LogP contribution is 2.30. The van der Waals surface area contributed by atoms with Crippen molar-refractivity contribution in [2.24, 2.45) is 4.99 Å². The van der Waals surface area contributed by atoms with Gasteiger partial charge in [-0.25, -0.2) is 0 Å². The lowest BCUT2D eigenvalue weighted by Crippen LogP contribution is -2.23. The Morgan fingerprint density at radius 2 is 2.29 bits per heavy atom. The van der Waals surface area contributed by atoms with Gasteiger partial charge in [0.15, 0.2) is 0 Å². The first kappa shape index (κ1) is 10.7. The summed E-state index contributed by atoms with van der Waals surface area (Å²) in [6, 6.07) is 8.37. The topological polar surface area (TPSA) is 33.6 Å². The normalized spacial score (nSPS) is 25.4. The van der Waals surface area contributed by atoms with Gasteiger partial charge in [0.2, 0.25) is 0 Å². The summed E-state index contributed by atoms with van der Waals surface area (Å²) in [5.74, 6) is 0. The Morgan fingerprint density at radius 1 is 1.35 bits per heavy atom. The van der Waals surface area contributed by atoms with Gasteiger partial charge < -0.3 is 4.74 Å². The van der Waals surface area contributed by atoms with Crippen LogP contribution < -0.4 is 5.32 Å². The fraction of sp³-hybridized carbons (Fsp3) is 0.357. The molecule has 0 saturated heterocycles. The van der Waals surface area contributed by atoms with Crippen LogP contribution in [0.3, 0.4) is 0 Å². The van der Waals surface area contributed by atoms with Crippen molar-refractivity contribution in [1.29, 1.82) is 0 Å². The Bertz CT molecular complexity index is 453. The monoisotopic (exact) mass is 228 g/mol. The van der Waals surface area contributed by atoms with Crippen LogP contribution in [0.5, 0.6) is 0 Å². The number of ether oxygens (including phenoxy) is 1. The smallest absolute Gasteiger partial charge is 0.102 e. The first-order valence-electron chi connectivity index (χ1n) is 6.07. The van der Waals surface area contributed by atoms with E-state index in [0.29, 0.717) is 0 Å². The molecule has 0 spiro atoms. The molecule has 17 heavy (non-hydrogen) atoms. The van der Waals surface area contributed by atoms with E-state index in [9.17, 15) is 0 Å². The molecule has 0 aromatic heterocycles. The van der Waals surface area contributed by atoms with Crippen LogP contribution in [-0.4, -0.2) is 25.5 Å². The van der Waals surface area contributed by atoms with E-state index in [0.717, 1.165) is 19.6 Å². The molecule has 0 bridgehead atoms. The van der Waals surface area contributed by atoms with E-state index < -0.39 is 0 Å². The molecule has 1 aromatic carbocycles. The number of aliphatic imine (C=N–C) groups is 1. The second kappa shape index (κ2) is 4.82. The van der Waals surface area contributed by atoms with Crippen LogP contribution in [0, 0.1) is 0 Å². The summed E-state index contributed by atoms with van der Waals surface area (Å²) in [7, 11) is 0. The van der Waals surface area contributed by atoms with Crippen molar-refractivity contribution in [3.63, 3.8) is 0 Å². The second-order valence-electron chi connectivity index (χ2n) is 4.32. The molecule has 1 aliphatic carbocycles. The quantitative estimate of drug-likeness (QED) is 0.856.